The average Bonchev–Trinajstić information content (AvgIpc) is 2.40. The molecule has 0 saturated heterocycles. The Morgan fingerprint density at radius 2 is 2.00 bits per heavy atom. The molecule has 90 valence electrons. The van der Waals surface area contributed by atoms with E-state index >= 15 is 0 Å². The molecule has 0 spiro atoms. The third-order valence-corrected chi connectivity index (χ3v) is 2.91. The van der Waals surface area contributed by atoms with E-state index in [9.17, 15) is 0 Å². The highest BCUT2D eigenvalue weighted by molar-refractivity contribution is 6.30. The van der Waals surface area contributed by atoms with Gasteiger partial charge in [-0.3, -0.25) is 0 Å². The van der Waals surface area contributed by atoms with Crippen molar-refractivity contribution in [3.8, 4) is 11.8 Å². The van der Waals surface area contributed by atoms with Crippen LogP contribution in [0.25, 0.3) is 0 Å². The van der Waals surface area contributed by atoms with Gasteiger partial charge in [-0.05, 0) is 30.7 Å². The summed E-state index contributed by atoms with van der Waals surface area (Å²) < 4.78 is 5.71. The Bertz CT molecular complexity index is 602. The minimum absolute atomic E-state index is 0.366. The third-order valence-electron chi connectivity index (χ3n) is 2.67. The fourth-order valence-corrected chi connectivity index (χ4v) is 1.80. The Balaban J connectivity index is 2.17. The van der Waals surface area contributed by atoms with Gasteiger partial charge in [-0.25, -0.2) is 0 Å². The molecule has 0 aliphatic carbocycles. The van der Waals surface area contributed by atoms with Crippen molar-refractivity contribution in [2.45, 2.75) is 13.5 Å². The maximum atomic E-state index is 8.99. The number of halogens is 1. The van der Waals surface area contributed by atoms with Crippen LogP contribution in [0.3, 0.4) is 0 Å². The zero-order chi connectivity index (χ0) is 13.0. The molecule has 0 aliphatic heterocycles. The van der Waals surface area contributed by atoms with Crippen LogP contribution in [0.4, 0.5) is 0 Å². The summed E-state index contributed by atoms with van der Waals surface area (Å²) >= 11 is 5.92. The molecule has 2 nitrogen and oxygen atoms in total. The zero-order valence-corrected chi connectivity index (χ0v) is 10.7. The van der Waals surface area contributed by atoms with E-state index < -0.39 is 0 Å². The standard InChI is InChI=1S/C15H12ClNO/c1-11-6-7-14(16)8-15(11)18-10-13-5-3-2-4-12(13)9-17/h2-8H,10H2,1H3. The first kappa shape index (κ1) is 12.5. The van der Waals surface area contributed by atoms with Gasteiger partial charge >= 0.3 is 0 Å². The van der Waals surface area contributed by atoms with Gasteiger partial charge in [0.1, 0.15) is 12.4 Å². The lowest BCUT2D eigenvalue weighted by molar-refractivity contribution is 0.304. The molecular weight excluding hydrogens is 246 g/mol. The lowest BCUT2D eigenvalue weighted by Gasteiger charge is -2.10. The number of nitriles is 1. The van der Waals surface area contributed by atoms with Crippen molar-refractivity contribution in [1.29, 1.82) is 5.26 Å². The van der Waals surface area contributed by atoms with E-state index in [4.69, 9.17) is 21.6 Å². The minimum Gasteiger partial charge on any atom is -0.489 e. The molecule has 0 radical (unpaired) electrons. The van der Waals surface area contributed by atoms with Crippen LogP contribution in [0.1, 0.15) is 16.7 Å². The molecule has 0 N–H and O–H groups in total. The molecule has 2 aromatic carbocycles. The van der Waals surface area contributed by atoms with Crippen LogP contribution in [0.2, 0.25) is 5.02 Å². The number of nitrogens with zero attached hydrogens (tertiary/aromatic N) is 1. The summed E-state index contributed by atoms with van der Waals surface area (Å²) in [6.07, 6.45) is 0. The average molecular weight is 258 g/mol. The second-order valence-electron chi connectivity index (χ2n) is 3.97. The first-order valence-corrected chi connectivity index (χ1v) is 5.95. The summed E-state index contributed by atoms with van der Waals surface area (Å²) in [5, 5.41) is 9.63. The molecule has 18 heavy (non-hydrogen) atoms. The number of hydrogen-bond acceptors (Lipinski definition) is 2. The fraction of sp³-hybridized carbons (Fsp3) is 0.133. The summed E-state index contributed by atoms with van der Waals surface area (Å²) in [4.78, 5) is 0. The van der Waals surface area contributed by atoms with Crippen molar-refractivity contribution in [3.05, 3.63) is 64.2 Å². The van der Waals surface area contributed by atoms with E-state index in [1.165, 1.54) is 0 Å². The highest BCUT2D eigenvalue weighted by atomic mass is 35.5. The van der Waals surface area contributed by atoms with E-state index in [-0.39, 0.29) is 0 Å². The van der Waals surface area contributed by atoms with Crippen LogP contribution < -0.4 is 4.74 Å². The molecule has 0 fully saturated rings. The number of aryl methyl sites for hydroxylation is 1. The lowest BCUT2D eigenvalue weighted by Crippen LogP contribution is -1.99. The first-order valence-electron chi connectivity index (χ1n) is 5.57. The maximum absolute atomic E-state index is 8.99. The van der Waals surface area contributed by atoms with Crippen LogP contribution in [-0.4, -0.2) is 0 Å². The van der Waals surface area contributed by atoms with Crippen molar-refractivity contribution in [2.75, 3.05) is 0 Å². The van der Waals surface area contributed by atoms with Gasteiger partial charge < -0.3 is 4.74 Å². The lowest BCUT2D eigenvalue weighted by atomic mass is 10.1. The molecule has 0 unspecified atom stereocenters. The van der Waals surface area contributed by atoms with Gasteiger partial charge in [-0.1, -0.05) is 35.9 Å². The second-order valence-corrected chi connectivity index (χ2v) is 4.40. The Morgan fingerprint density at radius 1 is 1.22 bits per heavy atom. The topological polar surface area (TPSA) is 33.0 Å². The maximum Gasteiger partial charge on any atom is 0.124 e. The summed E-state index contributed by atoms with van der Waals surface area (Å²) in [5.74, 6) is 0.746. The van der Waals surface area contributed by atoms with Gasteiger partial charge in [0.25, 0.3) is 0 Å². The molecule has 0 bridgehead atoms. The van der Waals surface area contributed by atoms with Crippen molar-refractivity contribution in [1.82, 2.24) is 0 Å². The zero-order valence-electron chi connectivity index (χ0n) is 9.98. The number of benzene rings is 2. The predicted octanol–water partition coefficient (Wildman–Crippen LogP) is 4.10. The smallest absolute Gasteiger partial charge is 0.124 e. The van der Waals surface area contributed by atoms with E-state index in [2.05, 4.69) is 6.07 Å². The Kier molecular flexibility index (Phi) is 3.86. The number of ether oxygens (including phenoxy) is 1. The molecule has 2 aromatic rings. The van der Waals surface area contributed by atoms with Crippen molar-refractivity contribution >= 4 is 11.6 Å². The largest absolute Gasteiger partial charge is 0.489 e. The molecule has 0 saturated carbocycles. The molecule has 2 rings (SSSR count). The summed E-state index contributed by atoms with van der Waals surface area (Å²) in [7, 11) is 0. The van der Waals surface area contributed by atoms with Gasteiger partial charge in [0.2, 0.25) is 0 Å². The SMILES string of the molecule is Cc1ccc(Cl)cc1OCc1ccccc1C#N. The van der Waals surface area contributed by atoms with Crippen molar-refractivity contribution in [2.24, 2.45) is 0 Å². The third kappa shape index (κ3) is 2.82. The van der Waals surface area contributed by atoms with Crippen LogP contribution in [-0.2, 0) is 6.61 Å². The monoisotopic (exact) mass is 257 g/mol. The summed E-state index contributed by atoms with van der Waals surface area (Å²) in [5.41, 5.74) is 2.53. The van der Waals surface area contributed by atoms with E-state index in [1.807, 2.05) is 37.3 Å². The quantitative estimate of drug-likeness (QED) is 0.829. The Hall–Kier alpha value is -1.98. The Labute approximate surface area is 111 Å². The van der Waals surface area contributed by atoms with Crippen molar-refractivity contribution < 1.29 is 4.74 Å². The molecule has 0 heterocycles. The van der Waals surface area contributed by atoms with E-state index in [1.54, 1.807) is 12.1 Å². The van der Waals surface area contributed by atoms with E-state index in [0.717, 1.165) is 16.9 Å². The van der Waals surface area contributed by atoms with Gasteiger partial charge in [-0.2, -0.15) is 5.26 Å². The highest BCUT2D eigenvalue weighted by Crippen LogP contribution is 2.23. The van der Waals surface area contributed by atoms with Crippen LogP contribution >= 0.6 is 11.6 Å². The van der Waals surface area contributed by atoms with E-state index in [0.29, 0.717) is 17.2 Å². The normalized spacial score (nSPS) is 9.83. The van der Waals surface area contributed by atoms with Gasteiger partial charge in [0.05, 0.1) is 11.6 Å². The molecule has 0 amide bonds. The molecular formula is C15H12ClNO. The fourth-order valence-electron chi connectivity index (χ4n) is 1.64. The summed E-state index contributed by atoms with van der Waals surface area (Å²) in [6, 6.07) is 15.1. The Morgan fingerprint density at radius 3 is 2.78 bits per heavy atom. The van der Waals surface area contributed by atoms with Crippen LogP contribution in [0.15, 0.2) is 42.5 Å². The van der Waals surface area contributed by atoms with Crippen LogP contribution in [0.5, 0.6) is 5.75 Å². The van der Waals surface area contributed by atoms with Gasteiger partial charge in [0, 0.05) is 10.6 Å². The van der Waals surface area contributed by atoms with Crippen LogP contribution in [0, 0.1) is 18.3 Å². The van der Waals surface area contributed by atoms with Crippen molar-refractivity contribution in [3.63, 3.8) is 0 Å². The number of rotatable bonds is 3. The molecule has 0 atom stereocenters. The number of hydrogen-bond donors (Lipinski definition) is 0. The van der Waals surface area contributed by atoms with Gasteiger partial charge in [0.15, 0.2) is 0 Å². The summed E-state index contributed by atoms with van der Waals surface area (Å²) in [6.45, 7) is 2.33. The molecule has 0 aromatic heterocycles. The second kappa shape index (κ2) is 5.57. The minimum atomic E-state index is 0.366. The first-order chi connectivity index (χ1) is 8.70. The molecule has 3 heteroatoms. The molecule has 0 aliphatic rings. The highest BCUT2D eigenvalue weighted by Gasteiger charge is 2.04. The predicted molar refractivity (Wildman–Crippen MR) is 71.7 cm³/mol. The van der Waals surface area contributed by atoms with Gasteiger partial charge in [-0.15, -0.1) is 0 Å².